The van der Waals surface area contributed by atoms with Crippen LogP contribution >= 0.6 is 0 Å². The molecule has 0 heterocycles. The number of ether oxygens (including phenoxy) is 1. The van der Waals surface area contributed by atoms with Crippen molar-refractivity contribution in [3.63, 3.8) is 0 Å². The Balaban J connectivity index is 1.80. The highest BCUT2D eigenvalue weighted by Crippen LogP contribution is 2.15. The largest absolute Gasteiger partial charge is 0.452 e. The third-order valence-electron chi connectivity index (χ3n) is 3.58. The van der Waals surface area contributed by atoms with Gasteiger partial charge in [0.1, 0.15) is 5.82 Å². The van der Waals surface area contributed by atoms with Crippen LogP contribution in [0.3, 0.4) is 0 Å². The van der Waals surface area contributed by atoms with Gasteiger partial charge in [0.05, 0.1) is 5.56 Å². The molecule has 0 unspecified atom stereocenters. The Morgan fingerprint density at radius 2 is 1.75 bits per heavy atom. The van der Waals surface area contributed by atoms with Crippen molar-refractivity contribution in [1.29, 1.82) is 0 Å². The van der Waals surface area contributed by atoms with Crippen LogP contribution < -0.4 is 5.32 Å². The number of esters is 1. The van der Waals surface area contributed by atoms with E-state index in [1.807, 2.05) is 12.1 Å². The molecule has 4 nitrogen and oxygen atoms in total. The third-order valence-corrected chi connectivity index (χ3v) is 3.58. The number of benzene rings is 2. The van der Waals surface area contributed by atoms with Crippen LogP contribution in [0.2, 0.25) is 0 Å². The van der Waals surface area contributed by atoms with Gasteiger partial charge in [-0.05, 0) is 29.7 Å². The van der Waals surface area contributed by atoms with Crippen LogP contribution in [0.15, 0.2) is 48.5 Å². The average Bonchev–Trinajstić information content (AvgIpc) is 2.59. The number of nitrogens with one attached hydrogen (secondary N) is 1. The fourth-order valence-corrected chi connectivity index (χ4v) is 2.11. The lowest BCUT2D eigenvalue weighted by molar-refractivity contribution is -0.124. The zero-order valence-electron chi connectivity index (χ0n) is 13.7. The monoisotopic (exact) mass is 329 g/mol. The summed E-state index contributed by atoms with van der Waals surface area (Å²) in [6.07, 6.45) is 0. The van der Waals surface area contributed by atoms with Crippen molar-refractivity contribution in [1.82, 2.24) is 5.32 Å². The van der Waals surface area contributed by atoms with Gasteiger partial charge in [-0.15, -0.1) is 0 Å². The molecule has 2 aromatic rings. The number of halogens is 1. The maximum absolute atomic E-state index is 13.4. The minimum atomic E-state index is -0.564. The van der Waals surface area contributed by atoms with Crippen LogP contribution in [-0.4, -0.2) is 18.5 Å². The summed E-state index contributed by atoms with van der Waals surface area (Å²) in [5, 5.41) is 2.51. The van der Waals surface area contributed by atoms with Crippen molar-refractivity contribution >= 4 is 11.9 Å². The number of hydrogen-bond donors (Lipinski definition) is 1. The van der Waals surface area contributed by atoms with E-state index in [0.29, 0.717) is 17.0 Å². The molecule has 0 spiro atoms. The van der Waals surface area contributed by atoms with Crippen LogP contribution in [0.4, 0.5) is 4.39 Å². The quantitative estimate of drug-likeness (QED) is 0.826. The molecule has 0 aliphatic carbocycles. The first kappa shape index (κ1) is 17.7. The van der Waals surface area contributed by atoms with Crippen LogP contribution in [0, 0.1) is 5.82 Å². The normalized spacial score (nSPS) is 10.5. The molecule has 24 heavy (non-hydrogen) atoms. The molecule has 1 amide bonds. The Labute approximate surface area is 140 Å². The fourth-order valence-electron chi connectivity index (χ4n) is 2.11. The van der Waals surface area contributed by atoms with Crippen molar-refractivity contribution in [2.24, 2.45) is 0 Å². The Hall–Kier alpha value is -2.69. The average molecular weight is 329 g/mol. The van der Waals surface area contributed by atoms with Crippen molar-refractivity contribution in [2.45, 2.75) is 26.3 Å². The van der Waals surface area contributed by atoms with E-state index in [1.54, 1.807) is 30.3 Å². The summed E-state index contributed by atoms with van der Waals surface area (Å²) in [6, 6.07) is 13.2. The first-order valence-electron chi connectivity index (χ1n) is 7.74. The zero-order valence-corrected chi connectivity index (χ0v) is 13.7. The first-order chi connectivity index (χ1) is 11.5. The lowest BCUT2D eigenvalue weighted by atomic mass is 10.0. The summed E-state index contributed by atoms with van der Waals surface area (Å²) in [5.74, 6) is -1.06. The van der Waals surface area contributed by atoms with Crippen LogP contribution in [0.5, 0.6) is 0 Å². The van der Waals surface area contributed by atoms with Crippen LogP contribution in [0.1, 0.15) is 41.3 Å². The maximum Gasteiger partial charge on any atom is 0.338 e. The summed E-state index contributed by atoms with van der Waals surface area (Å²) in [7, 11) is 0. The molecule has 0 bridgehead atoms. The van der Waals surface area contributed by atoms with Gasteiger partial charge in [0, 0.05) is 12.1 Å². The van der Waals surface area contributed by atoms with E-state index < -0.39 is 18.5 Å². The standard InChI is InChI=1S/C19H20FNO3/c1-13(2)14-7-9-15(10-8-14)19(23)24-12-18(22)21-11-16-5-3-4-6-17(16)20/h3-10,13H,11-12H2,1-2H3,(H,21,22). The highest BCUT2D eigenvalue weighted by molar-refractivity contribution is 5.91. The van der Waals surface area contributed by atoms with E-state index in [4.69, 9.17) is 4.74 Å². The SMILES string of the molecule is CC(C)c1ccc(C(=O)OCC(=O)NCc2ccccc2F)cc1. The summed E-state index contributed by atoms with van der Waals surface area (Å²) in [6.45, 7) is 3.77. The number of rotatable bonds is 6. The third kappa shape index (κ3) is 4.91. The topological polar surface area (TPSA) is 55.4 Å². The summed E-state index contributed by atoms with van der Waals surface area (Å²) in [4.78, 5) is 23.6. The minimum Gasteiger partial charge on any atom is -0.452 e. The maximum atomic E-state index is 13.4. The molecule has 0 saturated carbocycles. The second-order valence-electron chi connectivity index (χ2n) is 5.72. The second-order valence-corrected chi connectivity index (χ2v) is 5.72. The van der Waals surface area contributed by atoms with Gasteiger partial charge in [-0.25, -0.2) is 9.18 Å². The van der Waals surface area contributed by atoms with Gasteiger partial charge in [-0.2, -0.15) is 0 Å². The van der Waals surface area contributed by atoms with E-state index in [9.17, 15) is 14.0 Å². The molecule has 0 aromatic heterocycles. The van der Waals surface area contributed by atoms with Crippen molar-refractivity contribution in [3.05, 3.63) is 71.0 Å². The van der Waals surface area contributed by atoms with E-state index in [2.05, 4.69) is 19.2 Å². The van der Waals surface area contributed by atoms with Crippen molar-refractivity contribution in [3.8, 4) is 0 Å². The molecule has 126 valence electrons. The van der Waals surface area contributed by atoms with Gasteiger partial charge in [0.2, 0.25) is 0 Å². The molecule has 0 saturated heterocycles. The van der Waals surface area contributed by atoms with Gasteiger partial charge in [-0.3, -0.25) is 4.79 Å². The smallest absolute Gasteiger partial charge is 0.338 e. The number of carbonyl (C=O) groups is 2. The molecule has 2 aromatic carbocycles. The molecule has 0 aliphatic heterocycles. The Morgan fingerprint density at radius 3 is 2.38 bits per heavy atom. The second kappa shape index (κ2) is 8.24. The first-order valence-corrected chi connectivity index (χ1v) is 7.74. The predicted molar refractivity (Wildman–Crippen MR) is 89.1 cm³/mol. The van der Waals surface area contributed by atoms with E-state index >= 15 is 0 Å². The number of amides is 1. The zero-order chi connectivity index (χ0) is 17.5. The highest BCUT2D eigenvalue weighted by Gasteiger charge is 2.11. The molecule has 0 fully saturated rings. The van der Waals surface area contributed by atoms with Gasteiger partial charge < -0.3 is 10.1 Å². The Morgan fingerprint density at radius 1 is 1.08 bits per heavy atom. The molecular weight excluding hydrogens is 309 g/mol. The molecular formula is C19H20FNO3. The van der Waals surface area contributed by atoms with Crippen molar-refractivity contribution < 1.29 is 18.7 Å². The minimum absolute atomic E-state index is 0.0478. The van der Waals surface area contributed by atoms with Crippen LogP contribution in [0.25, 0.3) is 0 Å². The Kier molecular flexibility index (Phi) is 6.07. The summed E-state index contributed by atoms with van der Waals surface area (Å²) < 4.78 is 18.4. The van der Waals surface area contributed by atoms with Gasteiger partial charge in [0.25, 0.3) is 5.91 Å². The van der Waals surface area contributed by atoms with E-state index in [1.165, 1.54) is 6.07 Å². The highest BCUT2D eigenvalue weighted by atomic mass is 19.1. The molecule has 1 N–H and O–H groups in total. The summed E-state index contributed by atoms with van der Waals surface area (Å²) in [5.41, 5.74) is 1.89. The lowest BCUT2D eigenvalue weighted by Crippen LogP contribution is -2.28. The van der Waals surface area contributed by atoms with E-state index in [0.717, 1.165) is 5.56 Å². The molecule has 0 radical (unpaired) electrons. The predicted octanol–water partition coefficient (Wildman–Crippen LogP) is 3.42. The fraction of sp³-hybridized carbons (Fsp3) is 0.263. The molecule has 0 atom stereocenters. The van der Waals surface area contributed by atoms with Crippen LogP contribution in [-0.2, 0) is 16.1 Å². The number of carbonyl (C=O) groups excluding carboxylic acids is 2. The van der Waals surface area contributed by atoms with Gasteiger partial charge in [-0.1, -0.05) is 44.2 Å². The summed E-state index contributed by atoms with van der Waals surface area (Å²) >= 11 is 0. The number of hydrogen-bond acceptors (Lipinski definition) is 3. The van der Waals surface area contributed by atoms with E-state index in [-0.39, 0.29) is 12.4 Å². The van der Waals surface area contributed by atoms with Gasteiger partial charge >= 0.3 is 5.97 Å². The Bertz CT molecular complexity index is 711. The van der Waals surface area contributed by atoms with Gasteiger partial charge in [0.15, 0.2) is 6.61 Å². The molecule has 0 aliphatic rings. The lowest BCUT2D eigenvalue weighted by Gasteiger charge is -2.08. The molecule has 2 rings (SSSR count). The molecule has 5 heteroatoms. The van der Waals surface area contributed by atoms with Crippen molar-refractivity contribution in [2.75, 3.05) is 6.61 Å².